The third-order valence-corrected chi connectivity index (χ3v) is 3.64. The third-order valence-electron chi connectivity index (χ3n) is 3.64. The number of benzene rings is 1. The van der Waals surface area contributed by atoms with Gasteiger partial charge in [0.05, 0.1) is 12.5 Å². The van der Waals surface area contributed by atoms with Crippen LogP contribution in [0, 0.1) is 31.1 Å². The Balaban J connectivity index is 2.22. The SMILES string of the molecule is Cc1cc(C)cc(N2CC(C)CNC(CC#N)C2)c1. The van der Waals surface area contributed by atoms with Crippen LogP contribution in [-0.4, -0.2) is 25.7 Å². The topological polar surface area (TPSA) is 39.1 Å². The van der Waals surface area contributed by atoms with Gasteiger partial charge in [-0.25, -0.2) is 0 Å². The lowest BCUT2D eigenvalue weighted by Crippen LogP contribution is -2.37. The standard InChI is InChI=1S/C16H23N3/c1-12-6-13(2)8-16(7-12)19-10-14(3)9-18-15(11-19)4-5-17/h6-8,14-15,18H,4,9-11H2,1-3H3. The second-order valence-electron chi connectivity index (χ2n) is 5.82. The Morgan fingerprint density at radius 1 is 1.26 bits per heavy atom. The summed E-state index contributed by atoms with van der Waals surface area (Å²) >= 11 is 0. The van der Waals surface area contributed by atoms with Crippen LogP contribution in [0.1, 0.15) is 24.5 Å². The van der Waals surface area contributed by atoms with E-state index in [1.807, 2.05) is 0 Å². The summed E-state index contributed by atoms with van der Waals surface area (Å²) in [4.78, 5) is 2.42. The van der Waals surface area contributed by atoms with Crippen molar-refractivity contribution in [3.63, 3.8) is 0 Å². The first kappa shape index (κ1) is 13.9. The van der Waals surface area contributed by atoms with E-state index in [2.05, 4.69) is 55.3 Å². The molecule has 19 heavy (non-hydrogen) atoms. The molecule has 2 rings (SSSR count). The zero-order valence-corrected chi connectivity index (χ0v) is 12.1. The molecule has 0 saturated carbocycles. The van der Waals surface area contributed by atoms with Crippen LogP contribution in [0.2, 0.25) is 0 Å². The quantitative estimate of drug-likeness (QED) is 0.885. The van der Waals surface area contributed by atoms with Gasteiger partial charge in [-0.2, -0.15) is 5.26 Å². The molecule has 1 heterocycles. The Bertz CT molecular complexity index is 455. The number of rotatable bonds is 2. The molecule has 1 N–H and O–H groups in total. The van der Waals surface area contributed by atoms with Crippen molar-refractivity contribution in [2.75, 3.05) is 24.5 Å². The molecule has 0 bridgehead atoms. The van der Waals surface area contributed by atoms with Gasteiger partial charge >= 0.3 is 0 Å². The van der Waals surface area contributed by atoms with E-state index in [0.29, 0.717) is 12.3 Å². The van der Waals surface area contributed by atoms with E-state index < -0.39 is 0 Å². The van der Waals surface area contributed by atoms with Gasteiger partial charge in [-0.05, 0) is 49.6 Å². The van der Waals surface area contributed by atoms with Gasteiger partial charge in [0.2, 0.25) is 0 Å². The van der Waals surface area contributed by atoms with Crippen molar-refractivity contribution in [2.24, 2.45) is 5.92 Å². The van der Waals surface area contributed by atoms with Crippen LogP contribution in [0.25, 0.3) is 0 Å². The maximum atomic E-state index is 8.91. The maximum Gasteiger partial charge on any atom is 0.0638 e. The number of aryl methyl sites for hydroxylation is 2. The molecule has 0 aromatic heterocycles. The summed E-state index contributed by atoms with van der Waals surface area (Å²) in [7, 11) is 0. The lowest BCUT2D eigenvalue weighted by molar-refractivity contribution is 0.509. The fourth-order valence-electron chi connectivity index (χ4n) is 2.80. The van der Waals surface area contributed by atoms with E-state index in [0.717, 1.165) is 19.6 Å². The minimum Gasteiger partial charge on any atom is -0.370 e. The molecule has 0 aliphatic carbocycles. The molecular weight excluding hydrogens is 234 g/mol. The lowest BCUT2D eigenvalue weighted by atomic mass is 10.1. The molecule has 1 aromatic rings. The normalized spacial score (nSPS) is 23.8. The molecule has 1 saturated heterocycles. The Morgan fingerprint density at radius 3 is 2.58 bits per heavy atom. The van der Waals surface area contributed by atoms with Crippen molar-refractivity contribution in [1.29, 1.82) is 5.26 Å². The second kappa shape index (κ2) is 6.08. The predicted molar refractivity (Wildman–Crippen MR) is 79.3 cm³/mol. The molecule has 3 nitrogen and oxygen atoms in total. The highest BCUT2D eigenvalue weighted by molar-refractivity contribution is 5.51. The minimum absolute atomic E-state index is 0.274. The van der Waals surface area contributed by atoms with Crippen LogP contribution in [0.5, 0.6) is 0 Å². The van der Waals surface area contributed by atoms with Crippen LogP contribution in [0.4, 0.5) is 5.69 Å². The third kappa shape index (κ3) is 3.71. The molecule has 102 valence electrons. The molecule has 1 fully saturated rings. The van der Waals surface area contributed by atoms with Crippen LogP contribution < -0.4 is 10.2 Å². The molecule has 1 aromatic carbocycles. The van der Waals surface area contributed by atoms with Crippen LogP contribution in [0.3, 0.4) is 0 Å². The second-order valence-corrected chi connectivity index (χ2v) is 5.82. The maximum absolute atomic E-state index is 8.91. The monoisotopic (exact) mass is 257 g/mol. The molecule has 0 amide bonds. The smallest absolute Gasteiger partial charge is 0.0638 e. The molecule has 0 spiro atoms. The zero-order valence-electron chi connectivity index (χ0n) is 12.1. The van der Waals surface area contributed by atoms with Gasteiger partial charge in [0.15, 0.2) is 0 Å². The van der Waals surface area contributed by atoms with E-state index in [1.54, 1.807) is 0 Å². The zero-order chi connectivity index (χ0) is 13.8. The van der Waals surface area contributed by atoms with Crippen molar-refractivity contribution < 1.29 is 0 Å². The minimum atomic E-state index is 0.274. The molecule has 1 aliphatic heterocycles. The average Bonchev–Trinajstić information content (AvgIpc) is 2.51. The van der Waals surface area contributed by atoms with Crippen LogP contribution in [-0.2, 0) is 0 Å². The number of nitriles is 1. The van der Waals surface area contributed by atoms with Gasteiger partial charge < -0.3 is 10.2 Å². The highest BCUT2D eigenvalue weighted by Gasteiger charge is 2.21. The summed E-state index contributed by atoms with van der Waals surface area (Å²) in [6.45, 7) is 9.51. The number of hydrogen-bond donors (Lipinski definition) is 1. The Labute approximate surface area is 116 Å². The van der Waals surface area contributed by atoms with Gasteiger partial charge in [-0.3, -0.25) is 0 Å². The van der Waals surface area contributed by atoms with Crippen molar-refractivity contribution in [3.8, 4) is 6.07 Å². The van der Waals surface area contributed by atoms with Gasteiger partial charge in [-0.1, -0.05) is 13.0 Å². The summed E-state index contributed by atoms with van der Waals surface area (Å²) in [6, 6.07) is 9.25. The first-order valence-electron chi connectivity index (χ1n) is 7.02. The molecule has 1 aliphatic rings. The first-order chi connectivity index (χ1) is 9.08. The number of hydrogen-bond acceptors (Lipinski definition) is 3. The molecule has 3 heteroatoms. The first-order valence-corrected chi connectivity index (χ1v) is 7.02. The van der Waals surface area contributed by atoms with E-state index in [9.17, 15) is 0 Å². The summed E-state index contributed by atoms with van der Waals surface area (Å²) < 4.78 is 0. The van der Waals surface area contributed by atoms with Crippen LogP contribution >= 0.6 is 0 Å². The lowest BCUT2D eigenvalue weighted by Gasteiger charge is -2.27. The molecule has 2 unspecified atom stereocenters. The van der Waals surface area contributed by atoms with Gasteiger partial charge in [0.1, 0.15) is 0 Å². The van der Waals surface area contributed by atoms with Crippen LogP contribution in [0.15, 0.2) is 18.2 Å². The van der Waals surface area contributed by atoms with Gasteiger partial charge in [0, 0.05) is 24.8 Å². The van der Waals surface area contributed by atoms with Crippen molar-refractivity contribution in [3.05, 3.63) is 29.3 Å². The number of anilines is 1. The van der Waals surface area contributed by atoms with Gasteiger partial charge in [0.25, 0.3) is 0 Å². The summed E-state index contributed by atoms with van der Waals surface area (Å²) in [5.41, 5.74) is 3.89. The van der Waals surface area contributed by atoms with Crippen molar-refractivity contribution in [2.45, 2.75) is 33.2 Å². The summed E-state index contributed by atoms with van der Waals surface area (Å²) in [6.07, 6.45) is 0.577. The average molecular weight is 257 g/mol. The summed E-state index contributed by atoms with van der Waals surface area (Å²) in [5, 5.41) is 12.4. The van der Waals surface area contributed by atoms with Gasteiger partial charge in [-0.15, -0.1) is 0 Å². The fourth-order valence-corrected chi connectivity index (χ4v) is 2.80. The number of nitrogens with one attached hydrogen (secondary N) is 1. The fraction of sp³-hybridized carbons (Fsp3) is 0.562. The molecule has 0 radical (unpaired) electrons. The Kier molecular flexibility index (Phi) is 4.44. The largest absolute Gasteiger partial charge is 0.370 e. The van der Waals surface area contributed by atoms with E-state index in [4.69, 9.17) is 5.26 Å². The van der Waals surface area contributed by atoms with Crippen molar-refractivity contribution in [1.82, 2.24) is 5.32 Å². The predicted octanol–water partition coefficient (Wildman–Crippen LogP) is 2.63. The van der Waals surface area contributed by atoms with E-state index in [1.165, 1.54) is 16.8 Å². The Hall–Kier alpha value is -1.53. The highest BCUT2D eigenvalue weighted by Crippen LogP contribution is 2.22. The summed E-state index contributed by atoms with van der Waals surface area (Å²) in [5.74, 6) is 0.601. The van der Waals surface area contributed by atoms with E-state index >= 15 is 0 Å². The Morgan fingerprint density at radius 2 is 1.95 bits per heavy atom. The number of nitrogens with zero attached hydrogens (tertiary/aromatic N) is 2. The van der Waals surface area contributed by atoms with Crippen molar-refractivity contribution >= 4 is 5.69 Å². The molecular formula is C16H23N3. The molecule has 2 atom stereocenters. The van der Waals surface area contributed by atoms with E-state index in [-0.39, 0.29) is 6.04 Å². The highest BCUT2D eigenvalue weighted by atomic mass is 15.2.